The molecule has 170 valence electrons. The normalized spacial score (nSPS) is 11.7. The molecule has 10 heteroatoms. The van der Waals surface area contributed by atoms with Crippen molar-refractivity contribution in [2.75, 3.05) is 5.32 Å². The van der Waals surface area contributed by atoms with Gasteiger partial charge in [0.05, 0.1) is 22.5 Å². The van der Waals surface area contributed by atoms with Gasteiger partial charge in [-0.1, -0.05) is 24.3 Å². The topological polar surface area (TPSA) is 73.1 Å². The Morgan fingerprint density at radius 3 is 2.48 bits per heavy atom. The van der Waals surface area contributed by atoms with Crippen LogP contribution in [0.2, 0.25) is 0 Å². The lowest BCUT2D eigenvalue weighted by Crippen LogP contribution is -2.40. The molecule has 6 nitrogen and oxygen atoms in total. The summed E-state index contributed by atoms with van der Waals surface area (Å²) in [6.45, 7) is 3.06. The van der Waals surface area contributed by atoms with Gasteiger partial charge >= 0.3 is 11.9 Å². The average Bonchev–Trinajstić information content (AvgIpc) is 3.24. The van der Waals surface area contributed by atoms with Crippen LogP contribution in [0.4, 0.5) is 18.9 Å². The number of rotatable bonds is 4. The zero-order chi connectivity index (χ0) is 23.9. The molecule has 0 unspecified atom stereocenters. The minimum absolute atomic E-state index is 0.246. The van der Waals surface area contributed by atoms with Crippen molar-refractivity contribution in [1.82, 2.24) is 9.13 Å². The highest BCUT2D eigenvalue weighted by Crippen LogP contribution is 2.34. The maximum absolute atomic E-state index is 13.4. The molecule has 33 heavy (non-hydrogen) atoms. The fourth-order valence-corrected chi connectivity index (χ4v) is 4.43. The summed E-state index contributed by atoms with van der Waals surface area (Å²) in [5, 5.41) is 3.86. The van der Waals surface area contributed by atoms with E-state index >= 15 is 0 Å². The Labute approximate surface area is 189 Å². The maximum atomic E-state index is 13.4. The Morgan fingerprint density at radius 1 is 1.03 bits per heavy atom. The number of hydrogen-bond donors (Lipinski definition) is 1. The number of hydrogen-bond acceptors (Lipinski definition) is 4. The number of thiophene rings is 1. The summed E-state index contributed by atoms with van der Waals surface area (Å²) in [6, 6.07) is 11.3. The van der Waals surface area contributed by atoms with Crippen molar-refractivity contribution in [3.8, 4) is 5.69 Å². The summed E-state index contributed by atoms with van der Waals surface area (Å²) in [7, 11) is 0. The summed E-state index contributed by atoms with van der Waals surface area (Å²) in [4.78, 5) is 39.2. The fraction of sp³-hybridized carbons (Fsp3) is 0.174. The van der Waals surface area contributed by atoms with Gasteiger partial charge in [0.2, 0.25) is 5.91 Å². The highest BCUT2D eigenvalue weighted by Gasteiger charge is 2.33. The molecule has 0 fully saturated rings. The molecule has 0 atom stereocenters. The van der Waals surface area contributed by atoms with E-state index in [1.807, 2.05) is 13.0 Å². The molecule has 2 aromatic carbocycles. The molecule has 0 aliphatic rings. The van der Waals surface area contributed by atoms with Crippen molar-refractivity contribution >= 4 is 33.1 Å². The highest BCUT2D eigenvalue weighted by atomic mass is 32.1. The van der Waals surface area contributed by atoms with Crippen molar-refractivity contribution in [3.63, 3.8) is 0 Å². The summed E-state index contributed by atoms with van der Waals surface area (Å²) >= 11 is 1.12. The molecule has 1 N–H and O–H groups in total. The SMILES string of the molecule is Cc1cccc(-n2c(=O)c3sccc3n(CC(=O)Nc3ccccc3C(F)(F)F)c2=O)c1C. The molecule has 0 radical (unpaired) electrons. The van der Waals surface area contributed by atoms with Crippen LogP contribution in [0.3, 0.4) is 0 Å². The molecule has 0 aliphatic heterocycles. The Kier molecular flexibility index (Phi) is 5.71. The van der Waals surface area contributed by atoms with E-state index < -0.39 is 41.1 Å². The van der Waals surface area contributed by atoms with Crippen molar-refractivity contribution in [1.29, 1.82) is 0 Å². The summed E-state index contributed by atoms with van der Waals surface area (Å²) in [6.07, 6.45) is -4.66. The van der Waals surface area contributed by atoms with Crippen LogP contribution in [0.25, 0.3) is 15.9 Å². The van der Waals surface area contributed by atoms with Crippen molar-refractivity contribution in [3.05, 3.63) is 91.4 Å². The first-order valence-electron chi connectivity index (χ1n) is 9.85. The Bertz CT molecular complexity index is 1500. The summed E-state index contributed by atoms with van der Waals surface area (Å²) in [5.41, 5.74) is -0.440. The molecule has 4 aromatic rings. The van der Waals surface area contributed by atoms with Crippen LogP contribution >= 0.6 is 11.3 Å². The zero-order valence-electron chi connectivity index (χ0n) is 17.6. The van der Waals surface area contributed by atoms with Gasteiger partial charge in [0.15, 0.2) is 0 Å². The second kappa shape index (κ2) is 8.36. The summed E-state index contributed by atoms with van der Waals surface area (Å²) < 4.78 is 42.2. The van der Waals surface area contributed by atoms with Crippen LogP contribution in [0, 0.1) is 13.8 Å². The lowest BCUT2D eigenvalue weighted by Gasteiger charge is -2.16. The number of carbonyl (C=O) groups is 1. The molecule has 0 bridgehead atoms. The Balaban J connectivity index is 1.81. The minimum Gasteiger partial charge on any atom is -0.324 e. The lowest BCUT2D eigenvalue weighted by molar-refractivity contribution is -0.137. The molecule has 0 saturated carbocycles. The molecule has 1 amide bonds. The molecule has 4 rings (SSSR count). The predicted molar refractivity (Wildman–Crippen MR) is 121 cm³/mol. The minimum atomic E-state index is -4.66. The van der Waals surface area contributed by atoms with E-state index in [4.69, 9.17) is 0 Å². The summed E-state index contributed by atoms with van der Waals surface area (Å²) in [5.74, 6) is -0.826. The van der Waals surface area contributed by atoms with Crippen LogP contribution in [-0.4, -0.2) is 15.0 Å². The number of nitrogens with one attached hydrogen (secondary N) is 1. The molecule has 0 saturated heterocycles. The van der Waals surface area contributed by atoms with Crippen LogP contribution in [0.15, 0.2) is 63.5 Å². The first kappa shape index (κ1) is 22.5. The number of anilines is 1. The molecule has 2 aromatic heterocycles. The van der Waals surface area contributed by atoms with Crippen LogP contribution in [-0.2, 0) is 17.5 Å². The van der Waals surface area contributed by atoms with Gasteiger partial charge < -0.3 is 5.32 Å². The first-order chi connectivity index (χ1) is 15.6. The molecule has 2 heterocycles. The third kappa shape index (κ3) is 4.09. The van der Waals surface area contributed by atoms with E-state index in [1.54, 1.807) is 24.4 Å². The van der Waals surface area contributed by atoms with E-state index in [2.05, 4.69) is 5.32 Å². The van der Waals surface area contributed by atoms with E-state index in [1.165, 1.54) is 18.2 Å². The van der Waals surface area contributed by atoms with E-state index in [-0.39, 0.29) is 10.2 Å². The second-order valence-corrected chi connectivity index (χ2v) is 8.37. The van der Waals surface area contributed by atoms with Gasteiger partial charge in [0, 0.05) is 0 Å². The number of amides is 1. The number of carbonyl (C=O) groups excluding carboxylic acids is 1. The van der Waals surface area contributed by atoms with Crippen molar-refractivity contribution < 1.29 is 18.0 Å². The number of para-hydroxylation sites is 1. The second-order valence-electron chi connectivity index (χ2n) is 7.45. The van der Waals surface area contributed by atoms with E-state index in [9.17, 15) is 27.6 Å². The van der Waals surface area contributed by atoms with Gasteiger partial charge in [-0.25, -0.2) is 9.36 Å². The van der Waals surface area contributed by atoms with Crippen molar-refractivity contribution in [2.24, 2.45) is 0 Å². The lowest BCUT2D eigenvalue weighted by atomic mass is 10.1. The van der Waals surface area contributed by atoms with Crippen molar-refractivity contribution in [2.45, 2.75) is 26.6 Å². The average molecular weight is 473 g/mol. The third-order valence-corrected chi connectivity index (χ3v) is 6.27. The van der Waals surface area contributed by atoms with Gasteiger partial charge in [0.1, 0.15) is 11.2 Å². The van der Waals surface area contributed by atoms with Crippen LogP contribution in [0.5, 0.6) is 0 Å². The number of nitrogens with zero attached hydrogens (tertiary/aromatic N) is 2. The number of alkyl halides is 3. The highest BCUT2D eigenvalue weighted by molar-refractivity contribution is 7.17. The smallest absolute Gasteiger partial charge is 0.324 e. The van der Waals surface area contributed by atoms with Gasteiger partial charge in [0.25, 0.3) is 5.56 Å². The number of halogens is 3. The largest absolute Gasteiger partial charge is 0.418 e. The number of aromatic nitrogens is 2. The van der Waals surface area contributed by atoms with Gasteiger partial charge in [-0.2, -0.15) is 13.2 Å². The monoisotopic (exact) mass is 473 g/mol. The van der Waals surface area contributed by atoms with Gasteiger partial charge in [-0.3, -0.25) is 14.2 Å². The molecular weight excluding hydrogens is 455 g/mol. The molecule has 0 spiro atoms. The maximum Gasteiger partial charge on any atom is 0.418 e. The fourth-order valence-electron chi connectivity index (χ4n) is 3.60. The Hall–Kier alpha value is -3.66. The number of benzene rings is 2. The van der Waals surface area contributed by atoms with E-state index in [0.717, 1.165) is 43.7 Å². The first-order valence-corrected chi connectivity index (χ1v) is 10.7. The zero-order valence-corrected chi connectivity index (χ0v) is 18.4. The standard InChI is InChI=1S/C23H18F3N3O3S/c1-13-6-5-9-17(14(13)2)29-21(31)20-18(10-11-33-20)28(22(29)32)12-19(30)27-16-8-4-3-7-15(16)23(24,25)26/h3-11H,12H2,1-2H3,(H,27,30). The van der Waals surface area contributed by atoms with E-state index in [0.29, 0.717) is 5.69 Å². The Morgan fingerprint density at radius 2 is 1.76 bits per heavy atom. The van der Waals surface area contributed by atoms with Crippen LogP contribution in [0.1, 0.15) is 16.7 Å². The number of fused-ring (bicyclic) bond motifs is 1. The third-order valence-electron chi connectivity index (χ3n) is 5.38. The quantitative estimate of drug-likeness (QED) is 0.475. The predicted octanol–water partition coefficient (Wildman–Crippen LogP) is 4.49. The van der Waals surface area contributed by atoms with Crippen LogP contribution < -0.4 is 16.6 Å². The molecule has 0 aliphatic carbocycles. The molecular formula is C23H18F3N3O3S. The van der Waals surface area contributed by atoms with Gasteiger partial charge in [-0.15, -0.1) is 11.3 Å². The number of aryl methyl sites for hydroxylation is 1. The van der Waals surface area contributed by atoms with Gasteiger partial charge in [-0.05, 0) is 54.6 Å².